The SMILES string of the molecule is CCN(CC)C(=O)C(C)Sc1nnnn1Cc1ccc(OC)cc1. The highest BCUT2D eigenvalue weighted by Crippen LogP contribution is 2.22. The molecule has 1 heterocycles. The van der Waals surface area contributed by atoms with Gasteiger partial charge in [0.05, 0.1) is 18.9 Å². The molecule has 2 rings (SSSR count). The van der Waals surface area contributed by atoms with E-state index >= 15 is 0 Å². The van der Waals surface area contributed by atoms with E-state index < -0.39 is 0 Å². The van der Waals surface area contributed by atoms with Crippen molar-refractivity contribution in [3.05, 3.63) is 29.8 Å². The van der Waals surface area contributed by atoms with Crippen LogP contribution in [0.15, 0.2) is 29.4 Å². The smallest absolute Gasteiger partial charge is 0.235 e. The van der Waals surface area contributed by atoms with Crippen molar-refractivity contribution in [1.29, 1.82) is 0 Å². The monoisotopic (exact) mass is 349 g/mol. The second kappa shape index (κ2) is 8.68. The molecule has 0 N–H and O–H groups in total. The predicted molar refractivity (Wildman–Crippen MR) is 93.2 cm³/mol. The first-order chi connectivity index (χ1) is 11.6. The van der Waals surface area contributed by atoms with E-state index in [0.717, 1.165) is 11.3 Å². The lowest BCUT2D eigenvalue weighted by atomic mass is 10.2. The Morgan fingerprint density at radius 2 is 1.96 bits per heavy atom. The van der Waals surface area contributed by atoms with E-state index in [2.05, 4.69) is 15.5 Å². The molecular weight excluding hydrogens is 326 g/mol. The van der Waals surface area contributed by atoms with E-state index in [1.54, 1.807) is 11.8 Å². The summed E-state index contributed by atoms with van der Waals surface area (Å²) in [6, 6.07) is 7.75. The third-order valence-corrected chi connectivity index (χ3v) is 4.75. The minimum absolute atomic E-state index is 0.101. The van der Waals surface area contributed by atoms with Gasteiger partial charge in [-0.05, 0) is 48.9 Å². The van der Waals surface area contributed by atoms with Gasteiger partial charge in [0.1, 0.15) is 5.75 Å². The fourth-order valence-electron chi connectivity index (χ4n) is 2.28. The van der Waals surface area contributed by atoms with Crippen LogP contribution < -0.4 is 4.74 Å². The average molecular weight is 349 g/mol. The maximum absolute atomic E-state index is 12.4. The van der Waals surface area contributed by atoms with Crippen LogP contribution in [0.3, 0.4) is 0 Å². The Morgan fingerprint density at radius 1 is 1.29 bits per heavy atom. The Kier molecular flexibility index (Phi) is 6.60. The Balaban J connectivity index is 2.05. The second-order valence-electron chi connectivity index (χ2n) is 5.24. The fraction of sp³-hybridized carbons (Fsp3) is 0.500. The van der Waals surface area contributed by atoms with Gasteiger partial charge >= 0.3 is 0 Å². The number of thioether (sulfide) groups is 1. The van der Waals surface area contributed by atoms with Gasteiger partial charge in [0.2, 0.25) is 11.1 Å². The van der Waals surface area contributed by atoms with Crippen molar-refractivity contribution in [3.8, 4) is 5.75 Å². The van der Waals surface area contributed by atoms with Crippen LogP contribution in [0.2, 0.25) is 0 Å². The number of carbonyl (C=O) groups excluding carboxylic acids is 1. The topological polar surface area (TPSA) is 73.1 Å². The van der Waals surface area contributed by atoms with Gasteiger partial charge in [0.15, 0.2) is 0 Å². The molecule has 0 saturated carbocycles. The third kappa shape index (κ3) is 4.47. The van der Waals surface area contributed by atoms with Crippen LogP contribution in [0.25, 0.3) is 0 Å². The Bertz CT molecular complexity index is 655. The number of aromatic nitrogens is 4. The number of tetrazole rings is 1. The van der Waals surface area contributed by atoms with Crippen LogP contribution in [-0.2, 0) is 11.3 Å². The normalized spacial score (nSPS) is 12.0. The second-order valence-corrected chi connectivity index (χ2v) is 6.55. The highest BCUT2D eigenvalue weighted by Gasteiger charge is 2.22. The zero-order valence-electron chi connectivity index (χ0n) is 14.5. The predicted octanol–water partition coefficient (Wildman–Crippen LogP) is 2.08. The Morgan fingerprint density at radius 3 is 2.54 bits per heavy atom. The van der Waals surface area contributed by atoms with Crippen molar-refractivity contribution in [2.75, 3.05) is 20.2 Å². The molecule has 0 aliphatic heterocycles. The number of nitrogens with zero attached hydrogens (tertiary/aromatic N) is 5. The number of hydrogen-bond donors (Lipinski definition) is 0. The first-order valence-electron chi connectivity index (χ1n) is 7.93. The van der Waals surface area contributed by atoms with Gasteiger partial charge in [-0.15, -0.1) is 5.10 Å². The van der Waals surface area contributed by atoms with Gasteiger partial charge in [-0.25, -0.2) is 4.68 Å². The number of hydrogen-bond acceptors (Lipinski definition) is 6. The fourth-order valence-corrected chi connectivity index (χ4v) is 3.16. The van der Waals surface area contributed by atoms with Crippen molar-refractivity contribution in [2.24, 2.45) is 0 Å². The van der Waals surface area contributed by atoms with E-state index in [1.165, 1.54) is 11.8 Å². The van der Waals surface area contributed by atoms with Gasteiger partial charge in [-0.1, -0.05) is 23.9 Å². The molecule has 130 valence electrons. The maximum atomic E-state index is 12.4. The number of carbonyl (C=O) groups is 1. The molecule has 1 atom stereocenters. The molecule has 1 aromatic carbocycles. The van der Waals surface area contributed by atoms with Crippen LogP contribution in [0.1, 0.15) is 26.3 Å². The Labute approximate surface area is 146 Å². The van der Waals surface area contributed by atoms with E-state index in [1.807, 2.05) is 49.9 Å². The number of methoxy groups -OCH3 is 1. The molecular formula is C16H23N5O2S. The molecule has 0 fully saturated rings. The summed E-state index contributed by atoms with van der Waals surface area (Å²) in [6.07, 6.45) is 0. The average Bonchev–Trinajstić information content (AvgIpc) is 3.03. The lowest BCUT2D eigenvalue weighted by molar-refractivity contribution is -0.129. The molecule has 0 bridgehead atoms. The number of amides is 1. The Hall–Kier alpha value is -2.09. The molecule has 1 aromatic heterocycles. The van der Waals surface area contributed by atoms with Crippen LogP contribution in [0.4, 0.5) is 0 Å². The molecule has 0 radical (unpaired) electrons. The molecule has 7 nitrogen and oxygen atoms in total. The molecule has 0 aliphatic carbocycles. The highest BCUT2D eigenvalue weighted by atomic mass is 32.2. The molecule has 2 aromatic rings. The quantitative estimate of drug-likeness (QED) is 0.680. The van der Waals surface area contributed by atoms with Crippen LogP contribution >= 0.6 is 11.8 Å². The number of rotatable bonds is 8. The maximum Gasteiger partial charge on any atom is 0.235 e. The first-order valence-corrected chi connectivity index (χ1v) is 8.81. The van der Waals surface area contributed by atoms with E-state index in [9.17, 15) is 4.79 Å². The largest absolute Gasteiger partial charge is 0.497 e. The van der Waals surface area contributed by atoms with Crippen molar-refractivity contribution >= 4 is 17.7 Å². The standard InChI is InChI=1S/C16H23N5O2S/c1-5-20(6-2)15(22)12(3)24-16-17-18-19-21(16)11-13-7-9-14(23-4)10-8-13/h7-10,12H,5-6,11H2,1-4H3. The van der Waals surface area contributed by atoms with E-state index in [-0.39, 0.29) is 11.2 Å². The summed E-state index contributed by atoms with van der Waals surface area (Å²) in [4.78, 5) is 14.2. The summed E-state index contributed by atoms with van der Waals surface area (Å²) < 4.78 is 6.86. The lowest BCUT2D eigenvalue weighted by Crippen LogP contribution is -2.36. The van der Waals surface area contributed by atoms with Crippen molar-refractivity contribution in [1.82, 2.24) is 25.1 Å². The van der Waals surface area contributed by atoms with Crippen molar-refractivity contribution < 1.29 is 9.53 Å². The van der Waals surface area contributed by atoms with Crippen LogP contribution in [0.5, 0.6) is 5.75 Å². The third-order valence-electron chi connectivity index (χ3n) is 3.70. The summed E-state index contributed by atoms with van der Waals surface area (Å²) in [7, 11) is 1.64. The molecule has 1 amide bonds. The molecule has 0 spiro atoms. The number of ether oxygens (including phenoxy) is 1. The van der Waals surface area contributed by atoms with Crippen LogP contribution in [-0.4, -0.2) is 56.5 Å². The summed E-state index contributed by atoms with van der Waals surface area (Å²) >= 11 is 1.38. The van der Waals surface area contributed by atoms with E-state index in [0.29, 0.717) is 24.8 Å². The number of benzene rings is 1. The van der Waals surface area contributed by atoms with E-state index in [4.69, 9.17) is 4.74 Å². The summed E-state index contributed by atoms with van der Waals surface area (Å²) in [6.45, 7) is 7.80. The zero-order valence-corrected chi connectivity index (χ0v) is 15.3. The van der Waals surface area contributed by atoms with Crippen molar-refractivity contribution in [2.45, 2.75) is 37.7 Å². The highest BCUT2D eigenvalue weighted by molar-refractivity contribution is 8.00. The van der Waals surface area contributed by atoms with Gasteiger partial charge in [0.25, 0.3) is 0 Å². The first kappa shape index (κ1) is 18.3. The van der Waals surface area contributed by atoms with Gasteiger partial charge in [0, 0.05) is 13.1 Å². The minimum Gasteiger partial charge on any atom is -0.497 e. The molecule has 0 saturated heterocycles. The summed E-state index contributed by atoms with van der Waals surface area (Å²) in [5.74, 6) is 0.910. The van der Waals surface area contributed by atoms with Gasteiger partial charge in [-0.3, -0.25) is 4.79 Å². The van der Waals surface area contributed by atoms with Crippen LogP contribution in [0, 0.1) is 0 Å². The zero-order chi connectivity index (χ0) is 17.5. The minimum atomic E-state index is -0.231. The lowest BCUT2D eigenvalue weighted by Gasteiger charge is -2.22. The molecule has 0 aliphatic rings. The molecule has 8 heteroatoms. The van der Waals surface area contributed by atoms with Gasteiger partial charge in [-0.2, -0.15) is 0 Å². The van der Waals surface area contributed by atoms with Crippen molar-refractivity contribution in [3.63, 3.8) is 0 Å². The summed E-state index contributed by atoms with van der Waals surface area (Å²) in [5, 5.41) is 12.2. The van der Waals surface area contributed by atoms with Gasteiger partial charge < -0.3 is 9.64 Å². The molecule has 1 unspecified atom stereocenters. The molecule has 24 heavy (non-hydrogen) atoms. The summed E-state index contributed by atoms with van der Waals surface area (Å²) in [5.41, 5.74) is 1.06.